The lowest BCUT2D eigenvalue weighted by Crippen LogP contribution is -2.25. The van der Waals surface area contributed by atoms with Crippen molar-refractivity contribution in [3.05, 3.63) is 72.3 Å². The lowest BCUT2D eigenvalue weighted by molar-refractivity contribution is 0.0947. The highest BCUT2D eigenvalue weighted by molar-refractivity contribution is 5.96. The number of hydrogen-bond acceptors (Lipinski definition) is 4. The normalized spacial score (nSPS) is 13.4. The van der Waals surface area contributed by atoms with E-state index in [2.05, 4.69) is 15.5 Å². The van der Waals surface area contributed by atoms with Crippen LogP contribution in [0.5, 0.6) is 11.5 Å². The van der Waals surface area contributed by atoms with Gasteiger partial charge in [0.1, 0.15) is 17.8 Å². The highest BCUT2D eigenvalue weighted by Crippen LogP contribution is 2.35. The molecule has 0 atom stereocenters. The fourth-order valence-electron chi connectivity index (χ4n) is 2.66. The van der Waals surface area contributed by atoms with E-state index < -0.39 is 0 Å². The van der Waals surface area contributed by atoms with Crippen molar-refractivity contribution in [1.82, 2.24) is 20.1 Å². The molecule has 1 aliphatic carbocycles. The van der Waals surface area contributed by atoms with Gasteiger partial charge in [-0.1, -0.05) is 30.3 Å². The summed E-state index contributed by atoms with van der Waals surface area (Å²) in [6.07, 6.45) is 4.02. The molecule has 6 nitrogen and oxygen atoms in total. The summed E-state index contributed by atoms with van der Waals surface area (Å²) in [5, 5.41) is 11.0. The van der Waals surface area contributed by atoms with E-state index in [0.29, 0.717) is 29.6 Å². The molecule has 2 aromatic carbocycles. The van der Waals surface area contributed by atoms with Gasteiger partial charge in [-0.15, -0.1) is 10.2 Å². The largest absolute Gasteiger partial charge is 0.457 e. The smallest absolute Gasteiger partial charge is 0.255 e. The lowest BCUT2D eigenvalue weighted by atomic mass is 10.2. The SMILES string of the molecule is O=C(NCc1nncn1C1CC1)c1ccccc1Oc1ccccc1. The minimum absolute atomic E-state index is 0.197. The third-order valence-electron chi connectivity index (χ3n) is 4.10. The maximum Gasteiger partial charge on any atom is 0.255 e. The molecule has 1 amide bonds. The Balaban J connectivity index is 1.47. The molecule has 3 aromatic rings. The summed E-state index contributed by atoms with van der Waals surface area (Å²) in [7, 11) is 0. The van der Waals surface area contributed by atoms with Crippen LogP contribution in [0.25, 0.3) is 0 Å². The van der Waals surface area contributed by atoms with Crippen LogP contribution in [0, 0.1) is 0 Å². The molecule has 0 aliphatic heterocycles. The fourth-order valence-corrected chi connectivity index (χ4v) is 2.66. The molecule has 1 fully saturated rings. The van der Waals surface area contributed by atoms with Crippen molar-refractivity contribution in [2.24, 2.45) is 0 Å². The zero-order valence-corrected chi connectivity index (χ0v) is 13.6. The molecule has 1 aliphatic rings. The van der Waals surface area contributed by atoms with Crippen LogP contribution in [0.4, 0.5) is 0 Å². The minimum atomic E-state index is -0.197. The zero-order chi connectivity index (χ0) is 17.1. The van der Waals surface area contributed by atoms with Gasteiger partial charge in [0, 0.05) is 6.04 Å². The molecule has 0 spiro atoms. The second-order valence-corrected chi connectivity index (χ2v) is 5.98. The van der Waals surface area contributed by atoms with E-state index in [4.69, 9.17) is 4.74 Å². The van der Waals surface area contributed by atoms with E-state index in [0.717, 1.165) is 18.7 Å². The Kier molecular flexibility index (Phi) is 4.16. The molecule has 1 aromatic heterocycles. The summed E-state index contributed by atoms with van der Waals surface area (Å²) in [6, 6.07) is 17.1. The predicted molar refractivity (Wildman–Crippen MR) is 92.4 cm³/mol. The first-order valence-corrected chi connectivity index (χ1v) is 8.30. The van der Waals surface area contributed by atoms with Crippen LogP contribution in [0.15, 0.2) is 60.9 Å². The van der Waals surface area contributed by atoms with E-state index in [9.17, 15) is 4.79 Å². The molecule has 0 bridgehead atoms. The second-order valence-electron chi connectivity index (χ2n) is 5.98. The first-order valence-electron chi connectivity index (χ1n) is 8.30. The number of aromatic nitrogens is 3. The standard InChI is InChI=1S/C19H18N4O2/c24-19(20-12-18-22-21-13-23(18)14-10-11-14)16-8-4-5-9-17(16)25-15-6-2-1-3-7-15/h1-9,13-14H,10-12H2,(H,20,24). The Morgan fingerprint density at radius 2 is 1.88 bits per heavy atom. The van der Waals surface area contributed by atoms with Crippen molar-refractivity contribution < 1.29 is 9.53 Å². The molecule has 6 heteroatoms. The van der Waals surface area contributed by atoms with Gasteiger partial charge >= 0.3 is 0 Å². The maximum atomic E-state index is 12.6. The third-order valence-corrected chi connectivity index (χ3v) is 4.10. The molecule has 1 heterocycles. The average molecular weight is 334 g/mol. The third kappa shape index (κ3) is 3.52. The number of hydrogen-bond donors (Lipinski definition) is 1. The highest BCUT2D eigenvalue weighted by atomic mass is 16.5. The average Bonchev–Trinajstić information content (AvgIpc) is 3.39. The summed E-state index contributed by atoms with van der Waals surface area (Å²) >= 11 is 0. The number of para-hydroxylation sites is 2. The minimum Gasteiger partial charge on any atom is -0.457 e. The van der Waals surface area contributed by atoms with Crippen molar-refractivity contribution in [1.29, 1.82) is 0 Å². The van der Waals surface area contributed by atoms with Gasteiger partial charge in [0.2, 0.25) is 0 Å². The molecule has 25 heavy (non-hydrogen) atoms. The summed E-state index contributed by atoms with van der Waals surface area (Å²) in [6.45, 7) is 0.342. The Bertz CT molecular complexity index is 872. The van der Waals surface area contributed by atoms with E-state index >= 15 is 0 Å². The number of nitrogens with zero attached hydrogens (tertiary/aromatic N) is 3. The van der Waals surface area contributed by atoms with Crippen molar-refractivity contribution in [3.8, 4) is 11.5 Å². The number of rotatable bonds is 6. The van der Waals surface area contributed by atoms with Crippen LogP contribution < -0.4 is 10.1 Å². The summed E-state index contributed by atoms with van der Waals surface area (Å²) in [4.78, 5) is 12.6. The van der Waals surface area contributed by atoms with Gasteiger partial charge in [0.15, 0.2) is 5.82 Å². The molecular formula is C19H18N4O2. The number of nitrogens with one attached hydrogen (secondary N) is 1. The predicted octanol–water partition coefficient (Wildman–Crippen LogP) is 3.34. The lowest BCUT2D eigenvalue weighted by Gasteiger charge is -2.11. The molecule has 0 unspecified atom stereocenters. The van der Waals surface area contributed by atoms with E-state index in [1.165, 1.54) is 0 Å². The number of carbonyl (C=O) groups is 1. The summed E-state index contributed by atoms with van der Waals surface area (Å²) < 4.78 is 7.88. The highest BCUT2D eigenvalue weighted by Gasteiger charge is 2.26. The van der Waals surface area contributed by atoms with Crippen LogP contribution in [0.2, 0.25) is 0 Å². The quantitative estimate of drug-likeness (QED) is 0.751. The number of ether oxygens (including phenoxy) is 1. The first-order chi connectivity index (χ1) is 12.3. The van der Waals surface area contributed by atoms with Gasteiger partial charge < -0.3 is 14.6 Å². The zero-order valence-electron chi connectivity index (χ0n) is 13.6. The van der Waals surface area contributed by atoms with E-state index in [-0.39, 0.29) is 5.91 Å². The monoisotopic (exact) mass is 334 g/mol. The van der Waals surface area contributed by atoms with Crippen molar-refractivity contribution in [2.45, 2.75) is 25.4 Å². The van der Waals surface area contributed by atoms with Crippen molar-refractivity contribution in [3.63, 3.8) is 0 Å². The van der Waals surface area contributed by atoms with Gasteiger partial charge in [-0.05, 0) is 37.1 Å². The van der Waals surface area contributed by atoms with Crippen LogP contribution in [0.1, 0.15) is 35.1 Å². The van der Waals surface area contributed by atoms with Crippen molar-refractivity contribution >= 4 is 5.91 Å². The number of amides is 1. The van der Waals surface area contributed by atoms with Gasteiger partial charge in [-0.25, -0.2) is 0 Å². The molecule has 0 saturated heterocycles. The maximum absolute atomic E-state index is 12.6. The van der Waals surface area contributed by atoms with Crippen molar-refractivity contribution in [2.75, 3.05) is 0 Å². The fraction of sp³-hybridized carbons (Fsp3) is 0.211. The number of carbonyl (C=O) groups excluding carboxylic acids is 1. The molecule has 126 valence electrons. The summed E-state index contributed by atoms with van der Waals surface area (Å²) in [5.74, 6) is 1.79. The first kappa shape index (κ1) is 15.4. The van der Waals surface area contributed by atoms with Crippen LogP contribution in [-0.4, -0.2) is 20.7 Å². The Hall–Kier alpha value is -3.15. The Morgan fingerprint density at radius 3 is 2.68 bits per heavy atom. The van der Waals surface area contributed by atoms with Crippen LogP contribution in [-0.2, 0) is 6.54 Å². The molecule has 1 N–H and O–H groups in total. The van der Waals surface area contributed by atoms with Crippen LogP contribution in [0.3, 0.4) is 0 Å². The molecule has 0 radical (unpaired) electrons. The molecule has 4 rings (SSSR count). The van der Waals surface area contributed by atoms with E-state index in [1.54, 1.807) is 18.5 Å². The Labute approximate surface area is 145 Å². The van der Waals surface area contributed by atoms with Gasteiger partial charge in [-0.3, -0.25) is 4.79 Å². The summed E-state index contributed by atoms with van der Waals surface area (Å²) in [5.41, 5.74) is 0.490. The van der Waals surface area contributed by atoms with E-state index in [1.807, 2.05) is 47.0 Å². The van der Waals surface area contributed by atoms with Gasteiger partial charge in [0.05, 0.1) is 12.1 Å². The second kappa shape index (κ2) is 6.76. The Morgan fingerprint density at radius 1 is 1.12 bits per heavy atom. The molecule has 1 saturated carbocycles. The number of benzene rings is 2. The van der Waals surface area contributed by atoms with Gasteiger partial charge in [0.25, 0.3) is 5.91 Å². The van der Waals surface area contributed by atoms with Gasteiger partial charge in [-0.2, -0.15) is 0 Å². The topological polar surface area (TPSA) is 69.0 Å². The van der Waals surface area contributed by atoms with Crippen LogP contribution >= 0.6 is 0 Å². The molecular weight excluding hydrogens is 316 g/mol.